The van der Waals surface area contributed by atoms with E-state index in [4.69, 9.17) is 0 Å². The van der Waals surface area contributed by atoms with Crippen molar-refractivity contribution >= 4 is 38.2 Å². The minimum absolute atomic E-state index is 0.0107. The normalized spacial score (nSPS) is 25.0. The van der Waals surface area contributed by atoms with Crippen LogP contribution >= 0.6 is 11.3 Å². The number of hydrogen-bond donors (Lipinski definition) is 2. The standard InChI is InChI=1S/C18H18N2O5S2/c21-14-7-4-10-20(14)15-8-9-16(26-15)27(24,25)19-18(17(22)23)11-13(18)12-5-2-1-3-6-12/h1-3,5-6,8-9,13,19H,4,7,10-11H2,(H,22,23)/t13-,18-/m0/s1. The minimum atomic E-state index is -4.02. The lowest BCUT2D eigenvalue weighted by Crippen LogP contribution is -2.44. The van der Waals surface area contributed by atoms with Crippen LogP contribution in [0.5, 0.6) is 0 Å². The van der Waals surface area contributed by atoms with Crippen molar-refractivity contribution in [1.29, 1.82) is 0 Å². The van der Waals surface area contributed by atoms with Crippen LogP contribution in [0.15, 0.2) is 46.7 Å². The molecule has 1 aliphatic heterocycles. The first-order chi connectivity index (χ1) is 12.8. The van der Waals surface area contributed by atoms with Gasteiger partial charge in [0.15, 0.2) is 0 Å². The average Bonchev–Trinajstić information content (AvgIpc) is 2.97. The Morgan fingerprint density at radius 1 is 1.22 bits per heavy atom. The van der Waals surface area contributed by atoms with Gasteiger partial charge in [-0.25, -0.2) is 8.42 Å². The van der Waals surface area contributed by atoms with Gasteiger partial charge in [0.2, 0.25) is 5.91 Å². The number of anilines is 1. The molecule has 1 saturated heterocycles. The number of amides is 1. The van der Waals surface area contributed by atoms with Crippen molar-refractivity contribution in [1.82, 2.24) is 4.72 Å². The van der Waals surface area contributed by atoms with Crippen molar-refractivity contribution in [2.45, 2.75) is 34.9 Å². The highest BCUT2D eigenvalue weighted by Gasteiger charge is 2.63. The number of carbonyl (C=O) groups excluding carboxylic acids is 1. The summed E-state index contributed by atoms with van der Waals surface area (Å²) in [5.74, 6) is -1.63. The molecule has 2 aliphatic rings. The average molecular weight is 406 g/mol. The number of sulfonamides is 1. The third kappa shape index (κ3) is 3.15. The Kier molecular flexibility index (Phi) is 4.32. The van der Waals surface area contributed by atoms with Gasteiger partial charge in [-0.15, -0.1) is 11.3 Å². The number of carboxylic acids is 1. The summed E-state index contributed by atoms with van der Waals surface area (Å²) in [6.45, 7) is 0.571. The molecule has 2 atom stereocenters. The molecule has 1 aliphatic carbocycles. The van der Waals surface area contributed by atoms with E-state index in [1.54, 1.807) is 35.2 Å². The van der Waals surface area contributed by atoms with Crippen molar-refractivity contribution in [2.24, 2.45) is 0 Å². The highest BCUT2D eigenvalue weighted by molar-refractivity contribution is 7.91. The van der Waals surface area contributed by atoms with Gasteiger partial charge in [-0.1, -0.05) is 30.3 Å². The molecule has 7 nitrogen and oxygen atoms in total. The van der Waals surface area contributed by atoms with Gasteiger partial charge in [-0.2, -0.15) is 4.72 Å². The van der Waals surface area contributed by atoms with E-state index >= 15 is 0 Å². The number of thiophene rings is 1. The Morgan fingerprint density at radius 3 is 2.59 bits per heavy atom. The molecule has 1 aromatic carbocycles. The first-order valence-corrected chi connectivity index (χ1v) is 10.9. The fraction of sp³-hybridized carbons (Fsp3) is 0.333. The van der Waals surface area contributed by atoms with Crippen LogP contribution in [0.25, 0.3) is 0 Å². The quantitative estimate of drug-likeness (QED) is 0.765. The molecule has 1 saturated carbocycles. The van der Waals surface area contributed by atoms with E-state index in [1.165, 1.54) is 6.07 Å². The van der Waals surface area contributed by atoms with Crippen LogP contribution in [0.2, 0.25) is 0 Å². The van der Waals surface area contributed by atoms with Crippen molar-refractivity contribution < 1.29 is 23.1 Å². The number of nitrogens with one attached hydrogen (secondary N) is 1. The highest BCUT2D eigenvalue weighted by atomic mass is 32.2. The maximum absolute atomic E-state index is 12.8. The fourth-order valence-corrected chi connectivity index (χ4v) is 6.26. The Bertz CT molecular complexity index is 1000. The smallest absolute Gasteiger partial charge is 0.325 e. The van der Waals surface area contributed by atoms with E-state index in [2.05, 4.69) is 4.72 Å². The molecule has 27 heavy (non-hydrogen) atoms. The molecule has 2 heterocycles. The molecule has 0 spiro atoms. The first-order valence-electron chi connectivity index (χ1n) is 8.56. The van der Waals surface area contributed by atoms with E-state index < -0.39 is 27.4 Å². The van der Waals surface area contributed by atoms with Crippen LogP contribution in [-0.4, -0.2) is 37.5 Å². The second-order valence-corrected chi connectivity index (χ2v) is 9.76. The van der Waals surface area contributed by atoms with Crippen LogP contribution in [0, 0.1) is 0 Å². The Balaban J connectivity index is 1.58. The van der Waals surface area contributed by atoms with Gasteiger partial charge in [-0.3, -0.25) is 9.59 Å². The van der Waals surface area contributed by atoms with Crippen molar-refractivity contribution in [2.75, 3.05) is 11.4 Å². The summed E-state index contributed by atoms with van der Waals surface area (Å²) in [7, 11) is -4.02. The lowest BCUT2D eigenvalue weighted by Gasteiger charge is -2.15. The monoisotopic (exact) mass is 406 g/mol. The predicted octanol–water partition coefficient (Wildman–Crippen LogP) is 2.16. The van der Waals surface area contributed by atoms with Crippen LogP contribution in [0.1, 0.15) is 30.7 Å². The largest absolute Gasteiger partial charge is 0.480 e. The van der Waals surface area contributed by atoms with Gasteiger partial charge in [0.1, 0.15) is 9.75 Å². The Hall–Kier alpha value is -2.23. The van der Waals surface area contributed by atoms with Crippen LogP contribution in [0.3, 0.4) is 0 Å². The molecule has 0 radical (unpaired) electrons. The molecule has 0 unspecified atom stereocenters. The van der Waals surface area contributed by atoms with Gasteiger partial charge >= 0.3 is 5.97 Å². The van der Waals surface area contributed by atoms with Crippen LogP contribution in [0.4, 0.5) is 5.00 Å². The minimum Gasteiger partial charge on any atom is -0.480 e. The molecular weight excluding hydrogens is 388 g/mol. The van der Waals surface area contributed by atoms with Crippen molar-refractivity contribution in [3.05, 3.63) is 48.0 Å². The number of rotatable bonds is 6. The molecule has 142 valence electrons. The summed E-state index contributed by atoms with van der Waals surface area (Å²) in [5, 5.41) is 10.2. The second kappa shape index (κ2) is 6.43. The molecule has 1 aromatic heterocycles. The molecule has 1 amide bonds. The van der Waals surface area contributed by atoms with E-state index in [-0.39, 0.29) is 16.5 Å². The third-order valence-corrected chi connectivity index (χ3v) is 8.14. The van der Waals surface area contributed by atoms with Gasteiger partial charge in [0, 0.05) is 18.9 Å². The lowest BCUT2D eigenvalue weighted by molar-refractivity contribution is -0.140. The zero-order valence-corrected chi connectivity index (χ0v) is 15.9. The summed E-state index contributed by atoms with van der Waals surface area (Å²) in [5.41, 5.74) is -0.745. The summed E-state index contributed by atoms with van der Waals surface area (Å²) in [4.78, 5) is 25.3. The maximum Gasteiger partial charge on any atom is 0.325 e. The summed E-state index contributed by atoms with van der Waals surface area (Å²) < 4.78 is 28.0. The third-order valence-electron chi connectivity index (χ3n) is 5.03. The zero-order valence-electron chi connectivity index (χ0n) is 14.3. The van der Waals surface area contributed by atoms with E-state index in [9.17, 15) is 23.1 Å². The molecule has 4 rings (SSSR count). The Morgan fingerprint density at radius 2 is 1.96 bits per heavy atom. The number of hydrogen-bond acceptors (Lipinski definition) is 5. The number of carboxylic acid groups (broad SMARTS) is 1. The number of aliphatic carboxylic acids is 1. The topological polar surface area (TPSA) is 104 Å². The molecule has 2 aromatic rings. The molecular formula is C18H18N2O5S2. The number of nitrogens with zero attached hydrogens (tertiary/aromatic N) is 1. The summed E-state index contributed by atoms with van der Waals surface area (Å²) >= 11 is 0.980. The van der Waals surface area contributed by atoms with Crippen LogP contribution in [-0.2, 0) is 19.6 Å². The van der Waals surface area contributed by atoms with Crippen molar-refractivity contribution in [3.63, 3.8) is 0 Å². The molecule has 2 fully saturated rings. The summed E-state index contributed by atoms with van der Waals surface area (Å²) in [6.07, 6.45) is 1.41. The zero-order chi connectivity index (χ0) is 19.2. The molecule has 2 N–H and O–H groups in total. The van der Waals surface area contributed by atoms with Crippen molar-refractivity contribution in [3.8, 4) is 0 Å². The van der Waals surface area contributed by atoms with Crippen LogP contribution < -0.4 is 9.62 Å². The maximum atomic E-state index is 12.8. The lowest BCUT2D eigenvalue weighted by atomic mass is 10.1. The SMILES string of the molecule is O=C1CCCN1c1ccc(S(=O)(=O)N[C@@]2(C(=O)O)C[C@H]2c2ccccc2)s1. The predicted molar refractivity (Wildman–Crippen MR) is 100 cm³/mol. The van der Waals surface area contributed by atoms with E-state index in [0.717, 1.165) is 23.3 Å². The summed E-state index contributed by atoms with van der Waals surface area (Å²) in [6, 6.07) is 12.0. The number of carbonyl (C=O) groups is 2. The van der Waals surface area contributed by atoms with E-state index in [1.807, 2.05) is 6.07 Å². The fourth-order valence-electron chi connectivity index (χ4n) is 3.51. The number of benzene rings is 1. The Labute approximate surface area is 160 Å². The van der Waals surface area contributed by atoms with Gasteiger partial charge in [0.05, 0.1) is 5.00 Å². The van der Waals surface area contributed by atoms with Gasteiger partial charge in [0.25, 0.3) is 10.0 Å². The van der Waals surface area contributed by atoms with E-state index in [0.29, 0.717) is 18.0 Å². The molecule has 0 bridgehead atoms. The second-order valence-electron chi connectivity index (χ2n) is 6.79. The molecule has 9 heteroatoms. The van der Waals surface area contributed by atoms with Gasteiger partial charge < -0.3 is 10.0 Å². The highest BCUT2D eigenvalue weighted by Crippen LogP contribution is 2.52. The van der Waals surface area contributed by atoms with Gasteiger partial charge in [-0.05, 0) is 30.5 Å². The first kappa shape index (κ1) is 18.1.